The summed E-state index contributed by atoms with van der Waals surface area (Å²) in [6.07, 6.45) is 8.81. The highest BCUT2D eigenvalue weighted by molar-refractivity contribution is 5.30. The van der Waals surface area contributed by atoms with Gasteiger partial charge in [-0.1, -0.05) is 26.7 Å². The van der Waals surface area contributed by atoms with E-state index < -0.39 is 0 Å². The van der Waals surface area contributed by atoms with E-state index in [0.717, 1.165) is 12.3 Å². The van der Waals surface area contributed by atoms with Crippen molar-refractivity contribution in [1.29, 1.82) is 0 Å². The van der Waals surface area contributed by atoms with Gasteiger partial charge in [-0.25, -0.2) is 0 Å². The fraction of sp³-hybridized carbons (Fsp3) is 0.667. The van der Waals surface area contributed by atoms with Gasteiger partial charge in [-0.05, 0) is 36.9 Å². The van der Waals surface area contributed by atoms with Gasteiger partial charge in [0.25, 0.3) is 0 Å². The molecule has 2 heterocycles. The predicted octanol–water partition coefficient (Wildman–Crippen LogP) is 3.11. The highest BCUT2D eigenvalue weighted by Crippen LogP contribution is 2.37. The summed E-state index contributed by atoms with van der Waals surface area (Å²) in [5.41, 5.74) is 1.32. The van der Waals surface area contributed by atoms with Crippen molar-refractivity contribution in [1.82, 2.24) is 10.3 Å². The third-order valence-corrected chi connectivity index (χ3v) is 4.14. The van der Waals surface area contributed by atoms with Crippen molar-refractivity contribution in [3.8, 4) is 5.75 Å². The van der Waals surface area contributed by atoms with Crippen LogP contribution in [0.2, 0.25) is 0 Å². The van der Waals surface area contributed by atoms with Gasteiger partial charge in [0.05, 0.1) is 13.3 Å². The lowest BCUT2D eigenvalue weighted by Crippen LogP contribution is -2.46. The van der Waals surface area contributed by atoms with Crippen LogP contribution in [0.25, 0.3) is 0 Å². The SMILES string of the molecule is COc1cncc(C2(C(C)C)CCCCCN2)c1. The Kier molecular flexibility index (Phi) is 4.23. The first-order valence-corrected chi connectivity index (χ1v) is 6.93. The fourth-order valence-electron chi connectivity index (χ4n) is 2.95. The maximum atomic E-state index is 5.31. The van der Waals surface area contributed by atoms with E-state index in [1.165, 1.54) is 31.2 Å². The molecule has 1 aliphatic rings. The van der Waals surface area contributed by atoms with Gasteiger partial charge in [0.2, 0.25) is 0 Å². The molecular formula is C15H24N2O. The second kappa shape index (κ2) is 5.70. The van der Waals surface area contributed by atoms with Crippen molar-refractivity contribution in [2.75, 3.05) is 13.7 Å². The lowest BCUT2D eigenvalue weighted by molar-refractivity contribution is 0.229. The first-order chi connectivity index (χ1) is 8.69. The molecule has 0 radical (unpaired) electrons. The largest absolute Gasteiger partial charge is 0.495 e. The molecule has 1 aromatic rings. The highest BCUT2D eigenvalue weighted by Gasteiger charge is 2.36. The van der Waals surface area contributed by atoms with E-state index in [4.69, 9.17) is 4.74 Å². The highest BCUT2D eigenvalue weighted by atomic mass is 16.5. The van der Waals surface area contributed by atoms with Gasteiger partial charge in [0.1, 0.15) is 5.75 Å². The molecule has 100 valence electrons. The van der Waals surface area contributed by atoms with Gasteiger partial charge in [-0.2, -0.15) is 0 Å². The summed E-state index contributed by atoms with van der Waals surface area (Å²) >= 11 is 0. The zero-order valence-corrected chi connectivity index (χ0v) is 11.7. The Morgan fingerprint density at radius 2 is 2.11 bits per heavy atom. The maximum Gasteiger partial charge on any atom is 0.137 e. The Balaban J connectivity index is 2.38. The number of ether oxygens (including phenoxy) is 1. The van der Waals surface area contributed by atoms with Crippen LogP contribution in [-0.2, 0) is 5.54 Å². The number of hydrogen-bond donors (Lipinski definition) is 1. The van der Waals surface area contributed by atoms with Crippen molar-refractivity contribution in [2.45, 2.75) is 45.1 Å². The molecule has 1 N–H and O–H groups in total. The molecule has 0 saturated carbocycles. The van der Waals surface area contributed by atoms with E-state index in [0.29, 0.717) is 5.92 Å². The van der Waals surface area contributed by atoms with Crippen molar-refractivity contribution >= 4 is 0 Å². The molecule has 1 saturated heterocycles. The third kappa shape index (κ3) is 2.51. The van der Waals surface area contributed by atoms with E-state index in [-0.39, 0.29) is 5.54 Å². The number of nitrogens with zero attached hydrogens (tertiary/aromatic N) is 1. The quantitative estimate of drug-likeness (QED) is 0.892. The van der Waals surface area contributed by atoms with Gasteiger partial charge in [-0.3, -0.25) is 4.98 Å². The Morgan fingerprint density at radius 3 is 2.83 bits per heavy atom. The topological polar surface area (TPSA) is 34.1 Å². The predicted molar refractivity (Wildman–Crippen MR) is 73.8 cm³/mol. The molecule has 0 aliphatic carbocycles. The van der Waals surface area contributed by atoms with Gasteiger partial charge in [0, 0.05) is 11.7 Å². The number of hydrogen-bond acceptors (Lipinski definition) is 3. The molecule has 0 aromatic carbocycles. The Bertz CT molecular complexity index is 382. The van der Waals surface area contributed by atoms with Crippen LogP contribution in [0, 0.1) is 5.92 Å². The van der Waals surface area contributed by atoms with Crippen LogP contribution < -0.4 is 10.1 Å². The molecule has 0 bridgehead atoms. The van der Waals surface area contributed by atoms with Gasteiger partial charge >= 0.3 is 0 Å². The number of methoxy groups -OCH3 is 1. The van der Waals surface area contributed by atoms with Crippen LogP contribution in [0.1, 0.15) is 45.1 Å². The Labute approximate surface area is 110 Å². The van der Waals surface area contributed by atoms with Crippen molar-refractivity contribution in [2.24, 2.45) is 5.92 Å². The third-order valence-electron chi connectivity index (χ3n) is 4.14. The van der Waals surface area contributed by atoms with E-state index in [9.17, 15) is 0 Å². The summed E-state index contributed by atoms with van der Waals surface area (Å²) in [5, 5.41) is 3.77. The molecule has 2 rings (SSSR count). The maximum absolute atomic E-state index is 5.31. The first kappa shape index (κ1) is 13.3. The molecule has 0 amide bonds. The molecular weight excluding hydrogens is 224 g/mol. The van der Waals surface area contributed by atoms with E-state index in [2.05, 4.69) is 30.2 Å². The lowest BCUT2D eigenvalue weighted by atomic mass is 9.77. The monoisotopic (exact) mass is 248 g/mol. The summed E-state index contributed by atoms with van der Waals surface area (Å²) in [7, 11) is 1.70. The molecule has 0 spiro atoms. The van der Waals surface area contributed by atoms with E-state index in [1.807, 2.05) is 6.20 Å². The number of nitrogens with one attached hydrogen (secondary N) is 1. The average molecular weight is 248 g/mol. The minimum Gasteiger partial charge on any atom is -0.495 e. The van der Waals surface area contributed by atoms with E-state index >= 15 is 0 Å². The van der Waals surface area contributed by atoms with Crippen LogP contribution in [-0.4, -0.2) is 18.6 Å². The lowest BCUT2D eigenvalue weighted by Gasteiger charge is -2.38. The van der Waals surface area contributed by atoms with Crippen molar-refractivity contribution in [3.05, 3.63) is 24.0 Å². The molecule has 3 heteroatoms. The zero-order chi connectivity index (χ0) is 13.0. The molecule has 1 atom stereocenters. The zero-order valence-electron chi connectivity index (χ0n) is 11.7. The minimum absolute atomic E-state index is 0.0536. The number of pyridine rings is 1. The first-order valence-electron chi connectivity index (χ1n) is 6.93. The molecule has 3 nitrogen and oxygen atoms in total. The molecule has 18 heavy (non-hydrogen) atoms. The molecule has 1 aromatic heterocycles. The standard InChI is InChI=1S/C15H24N2O/c1-12(2)15(7-5-4-6-8-17-15)13-9-14(18-3)11-16-10-13/h9-12,17H,4-8H2,1-3H3. The molecule has 1 aliphatic heterocycles. The molecule has 1 fully saturated rings. The van der Waals surface area contributed by atoms with Crippen molar-refractivity contribution in [3.63, 3.8) is 0 Å². The van der Waals surface area contributed by atoms with Crippen LogP contribution in [0.4, 0.5) is 0 Å². The van der Waals surface area contributed by atoms with Crippen molar-refractivity contribution < 1.29 is 4.74 Å². The molecule has 1 unspecified atom stereocenters. The van der Waals surface area contributed by atoms with Crippen LogP contribution in [0.15, 0.2) is 18.5 Å². The van der Waals surface area contributed by atoms with Crippen LogP contribution in [0.5, 0.6) is 5.75 Å². The van der Waals surface area contributed by atoms with E-state index in [1.54, 1.807) is 13.3 Å². The summed E-state index contributed by atoms with van der Waals surface area (Å²) in [6, 6.07) is 2.13. The summed E-state index contributed by atoms with van der Waals surface area (Å²) in [6.45, 7) is 5.67. The average Bonchev–Trinajstić information content (AvgIpc) is 2.65. The number of rotatable bonds is 3. The summed E-state index contributed by atoms with van der Waals surface area (Å²) in [4.78, 5) is 4.32. The Hall–Kier alpha value is -1.09. The summed E-state index contributed by atoms with van der Waals surface area (Å²) in [5.74, 6) is 1.39. The minimum atomic E-state index is 0.0536. The normalized spacial score (nSPS) is 24.9. The van der Waals surface area contributed by atoms with Gasteiger partial charge in [-0.15, -0.1) is 0 Å². The second-order valence-electron chi connectivity index (χ2n) is 5.48. The van der Waals surface area contributed by atoms with Gasteiger partial charge in [0.15, 0.2) is 0 Å². The van der Waals surface area contributed by atoms with Crippen LogP contribution in [0.3, 0.4) is 0 Å². The second-order valence-corrected chi connectivity index (χ2v) is 5.48. The number of aromatic nitrogens is 1. The summed E-state index contributed by atoms with van der Waals surface area (Å²) < 4.78 is 5.31. The van der Waals surface area contributed by atoms with Crippen LogP contribution >= 0.6 is 0 Å². The smallest absolute Gasteiger partial charge is 0.137 e. The Morgan fingerprint density at radius 1 is 1.28 bits per heavy atom. The fourth-order valence-corrected chi connectivity index (χ4v) is 2.95. The van der Waals surface area contributed by atoms with Gasteiger partial charge < -0.3 is 10.1 Å².